The normalized spacial score (nSPS) is 22.4. The molecule has 1 aromatic carbocycles. The largest absolute Gasteiger partial charge is 0.368 e. The molecule has 0 saturated carbocycles. The molecule has 1 unspecified atom stereocenters. The second kappa shape index (κ2) is 6.64. The Morgan fingerprint density at radius 3 is 2.81 bits per heavy atom. The van der Waals surface area contributed by atoms with Crippen LogP contribution >= 0.6 is 11.3 Å². The predicted molar refractivity (Wildman–Crippen MR) is 101 cm³/mol. The summed E-state index contributed by atoms with van der Waals surface area (Å²) >= 11 is 1.68. The van der Waals surface area contributed by atoms with Crippen LogP contribution in [0.1, 0.15) is 5.56 Å². The molecule has 3 heterocycles. The van der Waals surface area contributed by atoms with Gasteiger partial charge in [0.25, 0.3) is 0 Å². The van der Waals surface area contributed by atoms with Crippen molar-refractivity contribution >= 4 is 33.2 Å². The molecule has 0 radical (unpaired) electrons. The Morgan fingerprint density at radius 1 is 1.31 bits per heavy atom. The number of carbonyl (C=O) groups is 2. The smallest absolute Gasteiger partial charge is 0.239 e. The van der Waals surface area contributed by atoms with E-state index in [0.29, 0.717) is 32.7 Å². The van der Waals surface area contributed by atoms with Gasteiger partial charge in [-0.1, -0.05) is 18.2 Å². The average Bonchev–Trinajstić information content (AvgIpc) is 3.02. The van der Waals surface area contributed by atoms with Crippen molar-refractivity contribution in [3.05, 3.63) is 35.2 Å². The van der Waals surface area contributed by atoms with Gasteiger partial charge in [-0.3, -0.25) is 14.5 Å². The van der Waals surface area contributed by atoms with Gasteiger partial charge in [0.2, 0.25) is 11.8 Å². The van der Waals surface area contributed by atoms with Crippen LogP contribution in [0, 0.1) is 0 Å². The molecule has 2 aliphatic rings. The number of carbonyl (C=O) groups excluding carboxylic acids is 2. The second-order valence-electron chi connectivity index (χ2n) is 7.22. The fourth-order valence-corrected chi connectivity index (χ4v) is 4.86. The predicted octanol–water partition coefficient (Wildman–Crippen LogP) is 1.10. The highest BCUT2D eigenvalue weighted by Gasteiger charge is 2.51. The minimum Gasteiger partial charge on any atom is -0.368 e. The Labute approximate surface area is 156 Å². The van der Waals surface area contributed by atoms with Crippen molar-refractivity contribution in [1.82, 2.24) is 15.1 Å². The molecule has 4 rings (SSSR count). The second-order valence-corrected chi connectivity index (χ2v) is 8.13. The number of morpholine rings is 1. The van der Waals surface area contributed by atoms with E-state index in [1.54, 1.807) is 18.4 Å². The van der Waals surface area contributed by atoms with Crippen molar-refractivity contribution in [1.29, 1.82) is 0 Å². The van der Waals surface area contributed by atoms with Crippen molar-refractivity contribution in [3.8, 4) is 0 Å². The van der Waals surface area contributed by atoms with E-state index in [4.69, 9.17) is 4.74 Å². The summed E-state index contributed by atoms with van der Waals surface area (Å²) in [4.78, 5) is 28.4. The molecule has 0 bridgehead atoms. The molecule has 26 heavy (non-hydrogen) atoms. The summed E-state index contributed by atoms with van der Waals surface area (Å²) in [7, 11) is 3.57. The Balaban J connectivity index is 1.36. The summed E-state index contributed by atoms with van der Waals surface area (Å²) < 4.78 is 7.21. The topological polar surface area (TPSA) is 61.9 Å². The van der Waals surface area contributed by atoms with Crippen LogP contribution < -0.4 is 5.32 Å². The maximum atomic E-state index is 12.7. The molecule has 0 aliphatic carbocycles. The third-order valence-electron chi connectivity index (χ3n) is 5.38. The number of nitrogens with zero attached hydrogens (tertiary/aromatic N) is 2. The standard InChI is InChI=1S/C19H23N3O3S/c1-20-18(24)15-8-25-19(10-21(15)2)11-22(12-19)17(23)7-13-9-26-16-6-4-3-5-14(13)16/h3-6,9,15H,7-8,10-12H2,1-2H3,(H,20,24). The van der Waals surface area contributed by atoms with Gasteiger partial charge < -0.3 is 15.0 Å². The molecule has 2 amide bonds. The molecule has 2 saturated heterocycles. The van der Waals surface area contributed by atoms with E-state index in [1.807, 2.05) is 29.0 Å². The van der Waals surface area contributed by atoms with E-state index in [0.717, 1.165) is 5.56 Å². The Bertz CT molecular complexity index is 843. The highest BCUT2D eigenvalue weighted by atomic mass is 32.1. The van der Waals surface area contributed by atoms with Crippen LogP contribution in [0.15, 0.2) is 29.6 Å². The van der Waals surface area contributed by atoms with E-state index in [-0.39, 0.29) is 23.5 Å². The molecular weight excluding hydrogens is 350 g/mol. The molecular formula is C19H23N3O3S. The molecule has 1 atom stereocenters. The number of likely N-dealkylation sites (N-methyl/N-ethyl adjacent to an activating group) is 2. The first-order valence-corrected chi connectivity index (χ1v) is 9.68. The van der Waals surface area contributed by atoms with Crippen LogP contribution in [0.2, 0.25) is 0 Å². The van der Waals surface area contributed by atoms with E-state index in [1.165, 1.54) is 10.1 Å². The lowest BCUT2D eigenvalue weighted by Crippen LogP contribution is -2.73. The molecule has 6 nitrogen and oxygen atoms in total. The fourth-order valence-electron chi connectivity index (χ4n) is 3.90. The summed E-state index contributed by atoms with van der Waals surface area (Å²) in [6.07, 6.45) is 0.427. The van der Waals surface area contributed by atoms with Gasteiger partial charge in [0, 0.05) is 18.3 Å². The van der Waals surface area contributed by atoms with Crippen LogP contribution in [0.5, 0.6) is 0 Å². The van der Waals surface area contributed by atoms with Gasteiger partial charge in [-0.2, -0.15) is 0 Å². The molecule has 2 aliphatic heterocycles. The number of amides is 2. The van der Waals surface area contributed by atoms with Gasteiger partial charge in [-0.15, -0.1) is 11.3 Å². The zero-order valence-electron chi connectivity index (χ0n) is 15.0. The molecule has 1 aromatic heterocycles. The van der Waals surface area contributed by atoms with E-state index >= 15 is 0 Å². The highest BCUT2D eigenvalue weighted by Crippen LogP contribution is 2.32. The number of benzene rings is 1. The summed E-state index contributed by atoms with van der Waals surface area (Å²) in [6.45, 7) is 2.22. The molecule has 7 heteroatoms. The van der Waals surface area contributed by atoms with E-state index in [9.17, 15) is 9.59 Å². The van der Waals surface area contributed by atoms with Gasteiger partial charge in [0.15, 0.2) is 0 Å². The third-order valence-corrected chi connectivity index (χ3v) is 6.39. The first-order valence-electron chi connectivity index (χ1n) is 8.80. The quantitative estimate of drug-likeness (QED) is 0.875. The number of nitrogens with one attached hydrogen (secondary N) is 1. The third kappa shape index (κ3) is 3.00. The molecule has 2 fully saturated rings. The zero-order chi connectivity index (χ0) is 18.3. The van der Waals surface area contributed by atoms with Crippen molar-refractivity contribution in [2.75, 3.05) is 40.3 Å². The molecule has 1 spiro atoms. The Morgan fingerprint density at radius 2 is 2.08 bits per heavy atom. The van der Waals surface area contributed by atoms with Crippen LogP contribution in [0.3, 0.4) is 0 Å². The van der Waals surface area contributed by atoms with E-state index in [2.05, 4.69) is 22.8 Å². The first kappa shape index (κ1) is 17.5. The number of hydrogen-bond donors (Lipinski definition) is 1. The molecule has 2 aromatic rings. The lowest BCUT2D eigenvalue weighted by molar-refractivity contribution is -0.200. The summed E-state index contributed by atoms with van der Waals surface area (Å²) in [5, 5.41) is 5.92. The van der Waals surface area contributed by atoms with Crippen molar-refractivity contribution in [3.63, 3.8) is 0 Å². The summed E-state index contributed by atoms with van der Waals surface area (Å²) in [5.74, 6) is 0.109. The number of fused-ring (bicyclic) bond motifs is 1. The lowest BCUT2D eigenvalue weighted by atomic mass is 9.90. The SMILES string of the molecule is CNC(=O)C1COC2(CN(C(=O)Cc3csc4ccccc34)C2)CN1C. The van der Waals surface area contributed by atoms with Crippen molar-refractivity contribution in [2.24, 2.45) is 0 Å². The van der Waals surface area contributed by atoms with Crippen molar-refractivity contribution in [2.45, 2.75) is 18.1 Å². The van der Waals surface area contributed by atoms with Gasteiger partial charge in [0.05, 0.1) is 26.1 Å². The Hall–Kier alpha value is -1.96. The van der Waals surface area contributed by atoms with E-state index < -0.39 is 0 Å². The Kier molecular flexibility index (Phi) is 4.46. The average molecular weight is 373 g/mol. The lowest BCUT2D eigenvalue weighted by Gasteiger charge is -2.54. The number of thiophene rings is 1. The number of likely N-dealkylation sites (tertiary alicyclic amines) is 1. The number of hydrogen-bond acceptors (Lipinski definition) is 5. The van der Waals surface area contributed by atoms with Crippen molar-refractivity contribution < 1.29 is 14.3 Å². The monoisotopic (exact) mass is 373 g/mol. The molecule has 1 N–H and O–H groups in total. The summed E-state index contributed by atoms with van der Waals surface area (Å²) in [6, 6.07) is 7.93. The summed E-state index contributed by atoms with van der Waals surface area (Å²) in [5.41, 5.74) is 0.768. The minimum atomic E-state index is -0.328. The van der Waals surface area contributed by atoms with Gasteiger partial charge in [-0.05, 0) is 29.4 Å². The molecule has 138 valence electrons. The zero-order valence-corrected chi connectivity index (χ0v) is 15.8. The van der Waals surface area contributed by atoms with Gasteiger partial charge in [-0.25, -0.2) is 0 Å². The van der Waals surface area contributed by atoms with Crippen LogP contribution in [-0.2, 0) is 20.7 Å². The maximum absolute atomic E-state index is 12.7. The van der Waals surface area contributed by atoms with Crippen LogP contribution in [0.4, 0.5) is 0 Å². The maximum Gasteiger partial charge on any atom is 0.239 e. The van der Waals surface area contributed by atoms with Gasteiger partial charge >= 0.3 is 0 Å². The first-order chi connectivity index (χ1) is 12.5. The van der Waals surface area contributed by atoms with Crippen LogP contribution in [0.25, 0.3) is 10.1 Å². The van der Waals surface area contributed by atoms with Crippen LogP contribution in [-0.4, -0.2) is 73.6 Å². The number of rotatable bonds is 3. The van der Waals surface area contributed by atoms with Gasteiger partial charge in [0.1, 0.15) is 11.6 Å². The minimum absolute atomic E-state index is 0.0288. The fraction of sp³-hybridized carbons (Fsp3) is 0.474. The highest BCUT2D eigenvalue weighted by molar-refractivity contribution is 7.17. The number of ether oxygens (including phenoxy) is 1.